The van der Waals surface area contributed by atoms with Gasteiger partial charge in [-0.05, 0) is 81.9 Å². The van der Waals surface area contributed by atoms with Crippen LogP contribution in [-0.4, -0.2) is 242 Å². The molecule has 4 aliphatic heterocycles. The number of hydrogen-bond acceptors (Lipinski definition) is 22. The van der Waals surface area contributed by atoms with Crippen LogP contribution in [0.4, 0.5) is 0 Å². The van der Waals surface area contributed by atoms with Crippen LogP contribution < -0.4 is 87.6 Å². The summed E-state index contributed by atoms with van der Waals surface area (Å²) in [5.41, 5.74) is 33.0. The Morgan fingerprint density at radius 1 is 0.519 bits per heavy atom. The van der Waals surface area contributed by atoms with E-state index in [1.807, 2.05) is 0 Å². The number of nitrogens with two attached hydrogens (primary N) is 6. The number of aromatic amines is 1. The van der Waals surface area contributed by atoms with Crippen molar-refractivity contribution >= 4 is 156 Å². The van der Waals surface area contributed by atoms with Gasteiger partial charge in [-0.2, -0.15) is 0 Å². The number of amides is 14. The average molecular weight is 1560 g/mol. The Balaban J connectivity index is 0.000000381. The minimum absolute atomic E-state index is 0.0169. The van der Waals surface area contributed by atoms with E-state index in [4.69, 9.17) is 34.4 Å². The number of carboxylic acid groups (broad SMARTS) is 2. The highest BCUT2D eigenvalue weighted by molar-refractivity contribution is 8.77. The normalized spacial score (nSPS) is 24.1. The first kappa shape index (κ1) is 86.3. The largest absolute Gasteiger partial charge is 0.481 e. The fourth-order valence-electron chi connectivity index (χ4n) is 10.8. The number of nitrogens with zero attached hydrogens (tertiary/aromatic N) is 4. The summed E-state index contributed by atoms with van der Waals surface area (Å²) in [4.78, 5) is 221. The van der Waals surface area contributed by atoms with Gasteiger partial charge < -0.3 is 113 Å². The van der Waals surface area contributed by atoms with E-state index in [1.165, 1.54) is 77.5 Å². The third-order valence-corrected chi connectivity index (χ3v) is 21.0. The first-order valence-corrected chi connectivity index (χ1v) is 38.6. The molecule has 4 saturated heterocycles. The topological polar surface area (TPSA) is 637 Å². The smallest absolute Gasteiger partial charge is 0.305 e. The molecule has 0 bridgehead atoms. The molecule has 0 radical (unpaired) electrons. The van der Waals surface area contributed by atoms with Crippen LogP contribution in [0.5, 0.6) is 0 Å². The number of carbonyl (C=O) groups excluding carboxylic acids is 14. The molecule has 9 unspecified atom stereocenters. The van der Waals surface area contributed by atoms with E-state index < -0.39 is 175 Å². The summed E-state index contributed by atoms with van der Waals surface area (Å²) in [5, 5.41) is 43.9. The van der Waals surface area contributed by atoms with Gasteiger partial charge in [0.2, 0.25) is 70.9 Å². The van der Waals surface area contributed by atoms with Gasteiger partial charge in [-0.3, -0.25) is 86.7 Å². The van der Waals surface area contributed by atoms with E-state index in [1.54, 1.807) is 30.3 Å². The number of unbranched alkanes of at least 4 members (excludes halogenated alkanes) is 2. The molecular formula is C63H91N21O18S4. The number of carbonyl (C=O) groups is 16. The number of nitrogens with one attached hydrogen (secondary N) is 11. The molecule has 6 rings (SSSR count). The van der Waals surface area contributed by atoms with E-state index in [9.17, 15) is 86.9 Å². The molecule has 43 heteroatoms. The van der Waals surface area contributed by atoms with Crippen LogP contribution in [0.3, 0.4) is 0 Å². The zero-order chi connectivity index (χ0) is 77.8. The van der Waals surface area contributed by atoms with Gasteiger partial charge in [0.1, 0.15) is 60.1 Å². The SMILES string of the molecule is NC(=O)C1CSSCCC(=O)NC(CCCCN=C(N)N)C(=O)NCC(=O)NC(CC(=O)O)C(=O)N/C(=C/c2ccccc2)C(=O)N2CCCC2C(=O)N1.NC(=O)C1CSSCCC(=O)NC(CCCCN=C(N)N)C(=O)NCC(=O)NC(CC(=O)O)C(=O)NC(c2cc[nH]c2)C(=O)N2CCCC2C(=O)N1. The molecule has 580 valence electrons. The summed E-state index contributed by atoms with van der Waals surface area (Å²) >= 11 is 0. The first-order chi connectivity index (χ1) is 50.5. The van der Waals surface area contributed by atoms with Crippen LogP contribution in [0.25, 0.3) is 6.08 Å². The van der Waals surface area contributed by atoms with Crippen molar-refractivity contribution in [2.75, 3.05) is 62.3 Å². The number of aliphatic carboxylic acids is 2. The fraction of sp³-hybridized carbons (Fsp3) is 0.524. The number of guanidine groups is 2. The molecule has 25 N–H and O–H groups in total. The molecule has 0 spiro atoms. The quantitative estimate of drug-likeness (QED) is 0.0218. The van der Waals surface area contributed by atoms with Crippen LogP contribution in [0, 0.1) is 0 Å². The molecule has 5 heterocycles. The van der Waals surface area contributed by atoms with E-state index >= 15 is 0 Å². The summed E-state index contributed by atoms with van der Waals surface area (Å²) in [6.45, 7) is -0.497. The Morgan fingerprint density at radius 2 is 0.981 bits per heavy atom. The van der Waals surface area contributed by atoms with Crippen LogP contribution in [0.15, 0.2) is 64.5 Å². The molecular weight excluding hydrogens is 1470 g/mol. The van der Waals surface area contributed by atoms with Gasteiger partial charge in [0.25, 0.3) is 11.8 Å². The minimum atomic E-state index is -1.70. The lowest BCUT2D eigenvalue weighted by Crippen LogP contribution is -2.56. The molecule has 9 atom stereocenters. The van der Waals surface area contributed by atoms with Crippen molar-refractivity contribution in [3.05, 3.63) is 65.6 Å². The molecule has 1 aromatic carbocycles. The van der Waals surface area contributed by atoms with E-state index in [0.717, 1.165) is 0 Å². The van der Waals surface area contributed by atoms with Crippen molar-refractivity contribution < 1.29 is 86.9 Å². The third-order valence-electron chi connectivity index (χ3n) is 16.1. The molecule has 0 aliphatic carbocycles. The number of hydrogen-bond donors (Lipinski definition) is 19. The summed E-state index contributed by atoms with van der Waals surface area (Å²) in [6, 6.07) is -1.23. The number of aromatic nitrogens is 1. The molecule has 1 aromatic heterocycles. The molecule has 0 saturated carbocycles. The Kier molecular flexibility index (Phi) is 36.8. The van der Waals surface area contributed by atoms with Gasteiger partial charge >= 0.3 is 11.9 Å². The Bertz CT molecular complexity index is 3550. The number of primary amides is 2. The van der Waals surface area contributed by atoms with Gasteiger partial charge in [0, 0.05) is 80.0 Å². The third kappa shape index (κ3) is 30.4. The monoisotopic (exact) mass is 1560 g/mol. The number of benzene rings is 1. The fourth-order valence-corrected chi connectivity index (χ4v) is 15.2. The van der Waals surface area contributed by atoms with Crippen molar-refractivity contribution in [1.82, 2.24) is 68.0 Å². The first-order valence-electron chi connectivity index (χ1n) is 33.6. The Hall–Kier alpha value is -10.3. The Morgan fingerprint density at radius 3 is 1.43 bits per heavy atom. The highest BCUT2D eigenvalue weighted by Crippen LogP contribution is 2.28. The zero-order valence-corrected chi connectivity index (χ0v) is 60.9. The average Bonchev–Trinajstić information content (AvgIpc) is 1.61. The lowest BCUT2D eigenvalue weighted by Gasteiger charge is -2.30. The maximum atomic E-state index is 14.0. The Labute approximate surface area is 624 Å². The van der Waals surface area contributed by atoms with Gasteiger partial charge in [-0.25, -0.2) is 0 Å². The van der Waals surface area contributed by atoms with E-state index in [2.05, 4.69) is 68.1 Å². The van der Waals surface area contributed by atoms with Crippen LogP contribution in [-0.2, 0) is 76.7 Å². The second kappa shape index (κ2) is 45.2. The zero-order valence-electron chi connectivity index (χ0n) is 57.7. The highest BCUT2D eigenvalue weighted by atomic mass is 33.1. The van der Waals surface area contributed by atoms with Crippen LogP contribution >= 0.6 is 43.2 Å². The van der Waals surface area contributed by atoms with Crippen LogP contribution in [0.2, 0.25) is 0 Å². The highest BCUT2D eigenvalue weighted by Gasteiger charge is 2.42. The standard InChI is InChI=1S/C33H46N10O9S2.C30H45N11O9S2/c34-28(48)23-18-54-53-14-11-25(44)39-20(9-4-5-12-37-33(35)36)29(49)38-17-26(45)40-21(16-27(46)47)30(50)41-22(15-19-7-2-1-3-8-19)32(52)43-13-6-10-24(43)31(51)42-23;31-25(46)19-15-52-51-11-7-21(42)37-17(4-1-2-8-35-30(32)33)26(47)36-14-22(43)38-18(12-23(44)45)27(48)40-24(16-6-9-34-13-16)29(50)41-10-3-5-20(41)28(49)39-19/h1-3,7-8,15,20-21,23-24H,4-6,9-14,16-18H2,(H2,34,48)(H,38,49)(H,39,44)(H,40,45)(H,41,50)(H,42,51)(H,46,47)(H4,35,36,37);6,9,13,17-20,24,34H,1-5,7-8,10-12,14-15H2,(H2,31,46)(H,36,47)(H,37,42)(H,38,43)(H,39,49)(H,40,48)(H,44,45)(H4,32,33,35)/b22-15+;. The predicted molar refractivity (Wildman–Crippen MR) is 392 cm³/mol. The number of aliphatic imine (C=N–C) groups is 2. The second-order valence-corrected chi connectivity index (χ2v) is 29.5. The van der Waals surface area contributed by atoms with Crippen molar-refractivity contribution in [2.24, 2.45) is 44.4 Å². The second-order valence-electron chi connectivity index (χ2n) is 24.2. The summed E-state index contributed by atoms with van der Waals surface area (Å²) < 4.78 is 0. The molecule has 4 aliphatic rings. The lowest BCUT2D eigenvalue weighted by molar-refractivity contribution is -0.143. The van der Waals surface area contributed by atoms with E-state index in [0.29, 0.717) is 44.1 Å². The van der Waals surface area contributed by atoms with Crippen LogP contribution in [0.1, 0.15) is 107 Å². The maximum Gasteiger partial charge on any atom is 0.305 e. The predicted octanol–water partition coefficient (Wildman–Crippen LogP) is -5.18. The molecule has 2 aromatic rings. The summed E-state index contributed by atoms with van der Waals surface area (Å²) in [5.74, 6) is -13.0. The molecule has 14 amide bonds. The van der Waals surface area contributed by atoms with Crippen molar-refractivity contribution in [3.8, 4) is 0 Å². The number of fused-ring (bicyclic) bond motifs is 2. The van der Waals surface area contributed by atoms with Crippen molar-refractivity contribution in [1.29, 1.82) is 0 Å². The summed E-state index contributed by atoms with van der Waals surface area (Å²) in [7, 11) is 4.87. The van der Waals surface area contributed by atoms with Crippen molar-refractivity contribution in [3.63, 3.8) is 0 Å². The molecule has 39 nitrogen and oxygen atoms in total. The molecule has 4 fully saturated rings. The van der Waals surface area contributed by atoms with Gasteiger partial charge in [0.05, 0.1) is 25.9 Å². The maximum absolute atomic E-state index is 14.0. The van der Waals surface area contributed by atoms with Gasteiger partial charge in [0.15, 0.2) is 11.9 Å². The van der Waals surface area contributed by atoms with Gasteiger partial charge in [-0.1, -0.05) is 73.5 Å². The summed E-state index contributed by atoms with van der Waals surface area (Å²) in [6.07, 6.45) is 6.00. The molecule has 106 heavy (non-hydrogen) atoms. The number of carboxylic acids is 2. The van der Waals surface area contributed by atoms with Gasteiger partial charge in [-0.15, -0.1) is 0 Å². The minimum Gasteiger partial charge on any atom is -0.481 e. The van der Waals surface area contributed by atoms with Crippen molar-refractivity contribution in [2.45, 2.75) is 144 Å². The number of H-pyrrole nitrogens is 1. The number of rotatable bonds is 18. The van der Waals surface area contributed by atoms with E-state index in [-0.39, 0.29) is 111 Å². The lowest BCUT2D eigenvalue weighted by atomic mass is 10.1.